The van der Waals surface area contributed by atoms with Crippen LogP contribution in [0.15, 0.2) is 21.5 Å². The molecule has 2 aromatic heterocycles. The SMILES string of the molecule is Cn1c(Br)cc2nc(COC(=O)NCC3CCC(=O)N3)cc(=O)n21. The second-order valence-corrected chi connectivity index (χ2v) is 6.32. The van der Waals surface area contributed by atoms with Crippen LogP contribution in [-0.2, 0) is 23.2 Å². The van der Waals surface area contributed by atoms with Gasteiger partial charge in [0.25, 0.3) is 5.56 Å². The van der Waals surface area contributed by atoms with Crippen LogP contribution in [0.25, 0.3) is 5.65 Å². The van der Waals surface area contributed by atoms with Gasteiger partial charge in [-0.15, -0.1) is 0 Å². The van der Waals surface area contributed by atoms with Gasteiger partial charge in [-0.25, -0.2) is 9.78 Å². The van der Waals surface area contributed by atoms with Crippen molar-refractivity contribution >= 4 is 33.6 Å². The molecule has 0 aromatic carbocycles. The Morgan fingerprint density at radius 2 is 2.29 bits per heavy atom. The van der Waals surface area contributed by atoms with E-state index in [1.807, 2.05) is 0 Å². The molecule has 1 atom stereocenters. The number of aromatic nitrogens is 3. The topological polar surface area (TPSA) is 107 Å². The van der Waals surface area contributed by atoms with E-state index in [0.29, 0.717) is 35.3 Å². The van der Waals surface area contributed by atoms with Gasteiger partial charge in [0, 0.05) is 38.2 Å². The Hall–Kier alpha value is -2.36. The van der Waals surface area contributed by atoms with Crippen LogP contribution in [0.4, 0.5) is 4.79 Å². The van der Waals surface area contributed by atoms with Gasteiger partial charge in [0.05, 0.1) is 5.69 Å². The lowest BCUT2D eigenvalue weighted by Crippen LogP contribution is -2.38. The van der Waals surface area contributed by atoms with Gasteiger partial charge in [-0.2, -0.15) is 4.52 Å². The van der Waals surface area contributed by atoms with E-state index < -0.39 is 6.09 Å². The maximum Gasteiger partial charge on any atom is 0.407 e. The average molecular weight is 398 g/mol. The molecule has 0 aliphatic carbocycles. The summed E-state index contributed by atoms with van der Waals surface area (Å²) < 4.78 is 8.80. The highest BCUT2D eigenvalue weighted by Crippen LogP contribution is 2.12. The first-order chi connectivity index (χ1) is 11.4. The van der Waals surface area contributed by atoms with Crippen LogP contribution in [0.3, 0.4) is 0 Å². The summed E-state index contributed by atoms with van der Waals surface area (Å²) in [7, 11) is 1.73. The van der Waals surface area contributed by atoms with Crippen molar-refractivity contribution in [1.82, 2.24) is 24.8 Å². The summed E-state index contributed by atoms with van der Waals surface area (Å²) in [6, 6.07) is 2.96. The fraction of sp³-hybridized carbons (Fsp3) is 0.429. The number of hydrogen-bond donors (Lipinski definition) is 2. The molecule has 128 valence electrons. The summed E-state index contributed by atoms with van der Waals surface area (Å²) in [6.07, 6.45) is 0.547. The molecule has 1 aliphatic rings. The van der Waals surface area contributed by atoms with Crippen molar-refractivity contribution in [2.45, 2.75) is 25.5 Å². The predicted molar refractivity (Wildman–Crippen MR) is 87.5 cm³/mol. The maximum absolute atomic E-state index is 12.1. The van der Waals surface area contributed by atoms with E-state index in [1.165, 1.54) is 10.6 Å². The first kappa shape index (κ1) is 16.5. The lowest BCUT2D eigenvalue weighted by atomic mass is 10.2. The molecular weight excluding hydrogens is 382 g/mol. The number of carbonyl (C=O) groups is 2. The first-order valence-corrected chi connectivity index (χ1v) is 8.17. The number of amides is 2. The third kappa shape index (κ3) is 3.42. The lowest BCUT2D eigenvalue weighted by Gasteiger charge is -2.11. The summed E-state index contributed by atoms with van der Waals surface area (Å²) in [5.74, 6) is -0.0119. The van der Waals surface area contributed by atoms with Crippen LogP contribution in [0.1, 0.15) is 18.5 Å². The van der Waals surface area contributed by atoms with Crippen molar-refractivity contribution in [2.24, 2.45) is 7.05 Å². The molecule has 2 N–H and O–H groups in total. The molecule has 0 radical (unpaired) electrons. The maximum atomic E-state index is 12.1. The fourth-order valence-electron chi connectivity index (χ4n) is 2.54. The lowest BCUT2D eigenvalue weighted by molar-refractivity contribution is -0.119. The summed E-state index contributed by atoms with van der Waals surface area (Å²) >= 11 is 3.32. The molecule has 9 nitrogen and oxygen atoms in total. The number of ether oxygens (including phenoxy) is 1. The minimum Gasteiger partial charge on any atom is -0.443 e. The average Bonchev–Trinajstić information content (AvgIpc) is 3.07. The fourth-order valence-corrected chi connectivity index (χ4v) is 2.90. The monoisotopic (exact) mass is 397 g/mol. The Morgan fingerprint density at radius 3 is 3.00 bits per heavy atom. The van der Waals surface area contributed by atoms with Crippen LogP contribution in [0, 0.1) is 0 Å². The first-order valence-electron chi connectivity index (χ1n) is 7.38. The largest absolute Gasteiger partial charge is 0.443 e. The number of halogens is 1. The quantitative estimate of drug-likeness (QED) is 0.771. The summed E-state index contributed by atoms with van der Waals surface area (Å²) in [5, 5.41) is 5.33. The summed E-state index contributed by atoms with van der Waals surface area (Å²) in [5.41, 5.74) is 0.563. The van der Waals surface area contributed by atoms with Gasteiger partial charge >= 0.3 is 6.09 Å². The summed E-state index contributed by atoms with van der Waals surface area (Å²) in [6.45, 7) is 0.201. The van der Waals surface area contributed by atoms with E-state index in [4.69, 9.17) is 4.74 Å². The standard InChI is InChI=1S/C14H16BrN5O4/c1-19-10(15)5-11-17-9(4-13(22)20(11)19)7-24-14(23)16-6-8-2-3-12(21)18-8/h4-5,8H,2-3,6-7H2,1H3,(H,16,23)(H,18,21). The van der Waals surface area contributed by atoms with Crippen LogP contribution in [0.2, 0.25) is 0 Å². The van der Waals surface area contributed by atoms with Gasteiger partial charge in [-0.3, -0.25) is 14.3 Å². The van der Waals surface area contributed by atoms with E-state index >= 15 is 0 Å². The normalized spacial score (nSPS) is 17.1. The zero-order valence-corrected chi connectivity index (χ0v) is 14.5. The Bertz CT molecular complexity index is 859. The number of carbonyl (C=O) groups excluding carboxylic acids is 2. The smallest absolute Gasteiger partial charge is 0.407 e. The molecule has 10 heteroatoms. The second kappa shape index (κ2) is 6.63. The Morgan fingerprint density at radius 1 is 1.50 bits per heavy atom. The van der Waals surface area contributed by atoms with Crippen molar-refractivity contribution in [3.05, 3.63) is 32.8 Å². The molecule has 0 bridgehead atoms. The number of aryl methyl sites for hydroxylation is 1. The van der Waals surface area contributed by atoms with Crippen LogP contribution in [-0.4, -0.2) is 38.8 Å². The highest BCUT2D eigenvalue weighted by atomic mass is 79.9. The zero-order chi connectivity index (χ0) is 17.3. The van der Waals surface area contributed by atoms with E-state index in [2.05, 4.69) is 31.5 Å². The van der Waals surface area contributed by atoms with Gasteiger partial charge in [0.15, 0.2) is 5.65 Å². The van der Waals surface area contributed by atoms with Crippen LogP contribution in [0.5, 0.6) is 0 Å². The van der Waals surface area contributed by atoms with Gasteiger partial charge in [-0.1, -0.05) is 0 Å². The molecule has 0 saturated carbocycles. The Kier molecular flexibility index (Phi) is 4.56. The molecule has 0 spiro atoms. The van der Waals surface area contributed by atoms with Gasteiger partial charge in [-0.05, 0) is 22.4 Å². The van der Waals surface area contributed by atoms with E-state index in [0.717, 1.165) is 0 Å². The molecule has 3 heterocycles. The van der Waals surface area contributed by atoms with Gasteiger partial charge in [0.1, 0.15) is 11.2 Å². The van der Waals surface area contributed by atoms with Crippen molar-refractivity contribution in [3.63, 3.8) is 0 Å². The molecular formula is C14H16BrN5O4. The van der Waals surface area contributed by atoms with E-state index in [-0.39, 0.29) is 24.1 Å². The number of fused-ring (bicyclic) bond motifs is 1. The van der Waals surface area contributed by atoms with Gasteiger partial charge < -0.3 is 15.4 Å². The Balaban J connectivity index is 1.58. The number of hydrogen-bond acceptors (Lipinski definition) is 5. The summed E-state index contributed by atoms with van der Waals surface area (Å²) in [4.78, 5) is 39.1. The number of alkyl carbamates (subject to hydrolysis) is 1. The number of nitrogens with one attached hydrogen (secondary N) is 2. The molecule has 3 rings (SSSR count). The second-order valence-electron chi connectivity index (χ2n) is 5.51. The van der Waals surface area contributed by atoms with Crippen LogP contribution >= 0.6 is 15.9 Å². The van der Waals surface area contributed by atoms with Crippen molar-refractivity contribution in [1.29, 1.82) is 0 Å². The van der Waals surface area contributed by atoms with E-state index in [1.54, 1.807) is 17.8 Å². The molecule has 1 saturated heterocycles. The Labute approximate surface area is 145 Å². The van der Waals surface area contributed by atoms with Crippen molar-refractivity contribution in [2.75, 3.05) is 6.54 Å². The molecule has 24 heavy (non-hydrogen) atoms. The highest BCUT2D eigenvalue weighted by Gasteiger charge is 2.21. The van der Waals surface area contributed by atoms with Gasteiger partial charge in [0.2, 0.25) is 5.91 Å². The minimum atomic E-state index is -0.618. The van der Waals surface area contributed by atoms with Crippen molar-refractivity contribution < 1.29 is 14.3 Å². The van der Waals surface area contributed by atoms with Crippen molar-refractivity contribution in [3.8, 4) is 0 Å². The highest BCUT2D eigenvalue weighted by molar-refractivity contribution is 9.10. The molecule has 1 unspecified atom stereocenters. The third-order valence-electron chi connectivity index (χ3n) is 3.76. The zero-order valence-electron chi connectivity index (χ0n) is 12.9. The minimum absolute atomic E-state index is 0.0119. The molecule has 2 aromatic rings. The number of nitrogens with zero attached hydrogens (tertiary/aromatic N) is 3. The number of rotatable bonds is 4. The van der Waals surface area contributed by atoms with E-state index in [9.17, 15) is 14.4 Å². The molecule has 1 fully saturated rings. The van der Waals surface area contributed by atoms with Crippen LogP contribution < -0.4 is 16.2 Å². The predicted octanol–water partition coefficient (Wildman–Crippen LogP) is 0.300. The molecule has 2 amide bonds. The molecule has 1 aliphatic heterocycles. The third-order valence-corrected chi connectivity index (χ3v) is 4.50.